The summed E-state index contributed by atoms with van der Waals surface area (Å²) in [7, 11) is 0. The molecule has 0 spiro atoms. The molecule has 0 saturated carbocycles. The number of nitrogens with one attached hydrogen (secondary N) is 1. The summed E-state index contributed by atoms with van der Waals surface area (Å²) in [5.41, 5.74) is 1.30. The number of hydrogen-bond donors (Lipinski definition) is 1. The van der Waals surface area contributed by atoms with Crippen LogP contribution in [0.15, 0.2) is 43.0 Å². The fraction of sp³-hybridized carbons (Fsp3) is 0.529. The first kappa shape index (κ1) is 15.2. The second kappa shape index (κ2) is 7.02. The van der Waals surface area contributed by atoms with Crippen molar-refractivity contribution < 1.29 is 9.47 Å². The highest BCUT2D eigenvalue weighted by molar-refractivity contribution is 5.14. The van der Waals surface area contributed by atoms with E-state index in [1.165, 1.54) is 5.56 Å². The fourth-order valence-corrected chi connectivity index (χ4v) is 2.52. The molecular weight excluding hydrogens is 250 g/mol. The van der Waals surface area contributed by atoms with Crippen LogP contribution in [0.25, 0.3) is 0 Å². The van der Waals surface area contributed by atoms with Gasteiger partial charge in [0, 0.05) is 12.6 Å². The molecule has 1 aliphatic heterocycles. The molecule has 0 amide bonds. The zero-order chi connectivity index (χ0) is 14.4. The van der Waals surface area contributed by atoms with Crippen LogP contribution in [0.4, 0.5) is 0 Å². The van der Waals surface area contributed by atoms with Crippen LogP contribution in [0.5, 0.6) is 0 Å². The van der Waals surface area contributed by atoms with Crippen molar-refractivity contribution in [3.8, 4) is 0 Å². The first-order chi connectivity index (χ1) is 9.59. The van der Waals surface area contributed by atoms with Crippen LogP contribution in [0.3, 0.4) is 0 Å². The highest BCUT2D eigenvalue weighted by Gasteiger charge is 2.33. The van der Waals surface area contributed by atoms with Crippen LogP contribution in [0, 0.1) is 0 Å². The smallest absolute Gasteiger partial charge is 0.163 e. The Morgan fingerprint density at radius 3 is 2.75 bits per heavy atom. The van der Waals surface area contributed by atoms with Gasteiger partial charge in [-0.1, -0.05) is 36.4 Å². The Labute approximate surface area is 122 Å². The van der Waals surface area contributed by atoms with Gasteiger partial charge in [-0.25, -0.2) is 0 Å². The topological polar surface area (TPSA) is 30.5 Å². The van der Waals surface area contributed by atoms with Crippen molar-refractivity contribution in [1.29, 1.82) is 0 Å². The van der Waals surface area contributed by atoms with Crippen molar-refractivity contribution in [2.45, 2.75) is 51.2 Å². The molecule has 0 radical (unpaired) electrons. The van der Waals surface area contributed by atoms with E-state index in [-0.39, 0.29) is 6.10 Å². The quantitative estimate of drug-likeness (QED) is 0.775. The summed E-state index contributed by atoms with van der Waals surface area (Å²) >= 11 is 0. The number of hydrogen-bond acceptors (Lipinski definition) is 3. The van der Waals surface area contributed by atoms with Gasteiger partial charge in [-0.2, -0.15) is 0 Å². The van der Waals surface area contributed by atoms with Gasteiger partial charge in [0.05, 0.1) is 12.7 Å². The van der Waals surface area contributed by atoms with E-state index in [1.54, 1.807) is 0 Å². The molecule has 1 N–H and O–H groups in total. The van der Waals surface area contributed by atoms with E-state index in [9.17, 15) is 0 Å². The average molecular weight is 275 g/mol. The third-order valence-corrected chi connectivity index (χ3v) is 3.50. The zero-order valence-corrected chi connectivity index (χ0v) is 12.5. The monoisotopic (exact) mass is 275 g/mol. The van der Waals surface area contributed by atoms with E-state index < -0.39 is 5.79 Å². The predicted molar refractivity (Wildman–Crippen MR) is 81.4 cm³/mol. The molecular formula is C17H25NO2. The SMILES string of the molecule is C=CC[C@H](C[C@H]1COC(C)(C)O1)NCc1ccccc1. The first-order valence-electron chi connectivity index (χ1n) is 7.29. The van der Waals surface area contributed by atoms with Crippen LogP contribution in [0.1, 0.15) is 32.3 Å². The summed E-state index contributed by atoms with van der Waals surface area (Å²) < 4.78 is 11.5. The van der Waals surface area contributed by atoms with Crippen molar-refractivity contribution in [1.82, 2.24) is 5.32 Å². The Hall–Kier alpha value is -1.16. The maximum absolute atomic E-state index is 5.88. The maximum Gasteiger partial charge on any atom is 0.163 e. The molecule has 0 aromatic heterocycles. The van der Waals surface area contributed by atoms with Gasteiger partial charge in [0.1, 0.15) is 0 Å². The lowest BCUT2D eigenvalue weighted by atomic mass is 10.1. The number of ether oxygens (including phenoxy) is 2. The highest BCUT2D eigenvalue weighted by atomic mass is 16.7. The molecule has 1 aliphatic rings. The molecule has 1 fully saturated rings. The lowest BCUT2D eigenvalue weighted by Gasteiger charge is -2.22. The first-order valence-corrected chi connectivity index (χ1v) is 7.29. The molecule has 20 heavy (non-hydrogen) atoms. The average Bonchev–Trinajstić information content (AvgIpc) is 2.77. The maximum atomic E-state index is 5.88. The molecule has 0 bridgehead atoms. The predicted octanol–water partition coefficient (Wildman–Crippen LogP) is 3.26. The minimum atomic E-state index is -0.442. The Bertz CT molecular complexity index is 416. The second-order valence-corrected chi connectivity index (χ2v) is 5.77. The van der Waals surface area contributed by atoms with Gasteiger partial charge in [-0.15, -0.1) is 6.58 Å². The molecule has 0 unspecified atom stereocenters. The third kappa shape index (κ3) is 4.75. The van der Waals surface area contributed by atoms with Gasteiger partial charge in [0.15, 0.2) is 5.79 Å². The molecule has 3 heteroatoms. The Kier molecular flexibility index (Phi) is 5.35. The van der Waals surface area contributed by atoms with Gasteiger partial charge in [-0.05, 0) is 32.3 Å². The molecule has 1 heterocycles. The fourth-order valence-electron chi connectivity index (χ4n) is 2.52. The van der Waals surface area contributed by atoms with Crippen LogP contribution >= 0.6 is 0 Å². The molecule has 1 saturated heterocycles. The Morgan fingerprint density at radius 1 is 1.40 bits per heavy atom. The normalized spacial score (nSPS) is 22.6. The van der Waals surface area contributed by atoms with Crippen molar-refractivity contribution in [2.75, 3.05) is 6.61 Å². The van der Waals surface area contributed by atoms with E-state index in [2.05, 4.69) is 36.2 Å². The van der Waals surface area contributed by atoms with E-state index in [4.69, 9.17) is 9.47 Å². The minimum Gasteiger partial charge on any atom is -0.348 e. The zero-order valence-electron chi connectivity index (χ0n) is 12.5. The summed E-state index contributed by atoms with van der Waals surface area (Å²) in [4.78, 5) is 0. The van der Waals surface area contributed by atoms with E-state index in [1.807, 2.05) is 26.0 Å². The summed E-state index contributed by atoms with van der Waals surface area (Å²) in [6.45, 7) is 9.32. The standard InChI is InChI=1S/C17H25NO2/c1-4-8-15(11-16-13-19-17(2,3)20-16)18-12-14-9-6-5-7-10-14/h4-7,9-10,15-16,18H,1,8,11-13H2,2-3H3/t15-,16+/m1/s1. The van der Waals surface area contributed by atoms with E-state index >= 15 is 0 Å². The van der Waals surface area contributed by atoms with Gasteiger partial charge >= 0.3 is 0 Å². The van der Waals surface area contributed by atoms with E-state index in [0.29, 0.717) is 12.6 Å². The molecule has 110 valence electrons. The van der Waals surface area contributed by atoms with Gasteiger partial charge in [0.25, 0.3) is 0 Å². The minimum absolute atomic E-state index is 0.165. The summed E-state index contributed by atoms with van der Waals surface area (Å²) in [5.74, 6) is -0.442. The van der Waals surface area contributed by atoms with Crippen molar-refractivity contribution in [3.63, 3.8) is 0 Å². The van der Waals surface area contributed by atoms with Crippen LogP contribution in [0.2, 0.25) is 0 Å². The summed E-state index contributed by atoms with van der Waals surface area (Å²) in [6, 6.07) is 10.8. The molecule has 2 atom stereocenters. The Morgan fingerprint density at radius 2 is 2.15 bits per heavy atom. The van der Waals surface area contributed by atoms with Crippen LogP contribution < -0.4 is 5.32 Å². The molecule has 2 rings (SSSR count). The molecule has 0 aliphatic carbocycles. The molecule has 1 aromatic rings. The van der Waals surface area contributed by atoms with Gasteiger partial charge in [0.2, 0.25) is 0 Å². The lowest BCUT2D eigenvalue weighted by molar-refractivity contribution is -0.139. The van der Waals surface area contributed by atoms with Gasteiger partial charge in [-0.3, -0.25) is 0 Å². The van der Waals surface area contributed by atoms with Crippen LogP contribution in [-0.4, -0.2) is 24.5 Å². The van der Waals surface area contributed by atoms with E-state index in [0.717, 1.165) is 19.4 Å². The molecule has 3 nitrogen and oxygen atoms in total. The number of benzene rings is 1. The van der Waals surface area contributed by atoms with Crippen molar-refractivity contribution in [3.05, 3.63) is 48.6 Å². The third-order valence-electron chi connectivity index (χ3n) is 3.50. The summed E-state index contributed by atoms with van der Waals surface area (Å²) in [6.07, 6.45) is 4.01. The lowest BCUT2D eigenvalue weighted by Crippen LogP contribution is -2.33. The van der Waals surface area contributed by atoms with Crippen molar-refractivity contribution >= 4 is 0 Å². The number of rotatable bonds is 7. The largest absolute Gasteiger partial charge is 0.348 e. The second-order valence-electron chi connectivity index (χ2n) is 5.77. The molecule has 1 aromatic carbocycles. The van der Waals surface area contributed by atoms with Crippen LogP contribution in [-0.2, 0) is 16.0 Å². The summed E-state index contributed by atoms with van der Waals surface area (Å²) in [5, 5.41) is 3.58. The van der Waals surface area contributed by atoms with Gasteiger partial charge < -0.3 is 14.8 Å². The highest BCUT2D eigenvalue weighted by Crippen LogP contribution is 2.25. The Balaban J connectivity index is 1.83. The van der Waals surface area contributed by atoms with Crippen molar-refractivity contribution in [2.24, 2.45) is 0 Å².